The zero-order valence-corrected chi connectivity index (χ0v) is 25.3. The van der Waals surface area contributed by atoms with Crippen LogP contribution < -0.4 is 5.73 Å². The summed E-state index contributed by atoms with van der Waals surface area (Å²) in [6, 6.07) is 0. The van der Waals surface area contributed by atoms with Gasteiger partial charge in [0, 0.05) is 0 Å². The Hall–Kier alpha value is 0.300. The maximum absolute atomic E-state index is 7.30. The second-order valence-electron chi connectivity index (χ2n) is 13.2. The first-order valence-electron chi connectivity index (χ1n) is 15.7. The minimum absolute atomic E-state index is 0.341. The lowest BCUT2D eigenvalue weighted by molar-refractivity contribution is 0.329. The van der Waals surface area contributed by atoms with E-state index in [4.69, 9.17) is 5.73 Å². The van der Waals surface area contributed by atoms with Gasteiger partial charge in [0.25, 0.3) is 0 Å². The molecule has 1 nitrogen and oxygen atoms in total. The fraction of sp³-hybridized carbons (Fsp3) is 0.875. The first kappa shape index (κ1) is 28.3. The highest BCUT2D eigenvalue weighted by Crippen LogP contribution is 2.44. The van der Waals surface area contributed by atoms with Crippen molar-refractivity contribution < 1.29 is 0 Å². The summed E-state index contributed by atoms with van der Waals surface area (Å²) in [5, 5.41) is 0. The number of nitrogens with two attached hydrogens (primary N) is 1. The number of rotatable bonds is 8. The molecule has 0 amide bonds. The Morgan fingerprint density at radius 2 is 0.857 bits per heavy atom. The molecule has 0 heterocycles. The first-order valence-corrected chi connectivity index (χ1v) is 17.0. The summed E-state index contributed by atoms with van der Waals surface area (Å²) < 4.78 is 0. The van der Waals surface area contributed by atoms with Crippen molar-refractivity contribution in [3.63, 3.8) is 0 Å². The fourth-order valence-corrected chi connectivity index (χ4v) is 9.64. The van der Waals surface area contributed by atoms with E-state index in [1.54, 1.807) is 11.1 Å². The predicted molar refractivity (Wildman–Crippen MR) is 162 cm³/mol. The number of allylic oxidation sites excluding steroid dienone is 2. The topological polar surface area (TPSA) is 26.0 Å². The van der Waals surface area contributed by atoms with Gasteiger partial charge >= 0.3 is 0 Å². The van der Waals surface area contributed by atoms with Crippen molar-refractivity contribution in [2.75, 3.05) is 0 Å². The second-order valence-corrected chi connectivity index (χ2v) is 14.6. The molecule has 3 heteroatoms. The smallest absolute Gasteiger partial charge is 0.0502 e. The fourth-order valence-electron chi connectivity index (χ4n) is 8.14. The molecule has 4 unspecified atom stereocenters. The lowest BCUT2D eigenvalue weighted by atomic mass is 9.73. The van der Waals surface area contributed by atoms with Crippen molar-refractivity contribution in [3.8, 4) is 0 Å². The number of hydrogen-bond donors (Lipinski definition) is 1. The van der Waals surface area contributed by atoms with Crippen LogP contribution in [0.15, 0.2) is 23.3 Å². The SMILES string of the molecule is CC(N)(/C=C(\C1CCCCC1)C(P)C1CCCCC1)/C=C(\C1CCCCC1)C(P)C1CCCCC1. The van der Waals surface area contributed by atoms with Crippen LogP contribution in [0, 0.1) is 23.7 Å². The molecule has 0 aliphatic heterocycles. The van der Waals surface area contributed by atoms with E-state index in [1.807, 2.05) is 0 Å². The Kier molecular flexibility index (Phi) is 11.2. The summed E-state index contributed by atoms with van der Waals surface area (Å²) in [6.07, 6.45) is 33.4. The molecule has 4 rings (SSSR count). The van der Waals surface area contributed by atoms with Gasteiger partial charge in [0.05, 0.1) is 5.54 Å². The normalized spacial score (nSPS) is 29.0. The van der Waals surface area contributed by atoms with Gasteiger partial charge in [-0.25, -0.2) is 0 Å². The Labute approximate surface area is 223 Å². The van der Waals surface area contributed by atoms with E-state index in [9.17, 15) is 0 Å². The molecular weight excluding hydrogens is 460 g/mol. The highest BCUT2D eigenvalue weighted by atomic mass is 31.0. The summed E-state index contributed by atoms with van der Waals surface area (Å²) in [5.74, 6) is 3.20. The van der Waals surface area contributed by atoms with Gasteiger partial charge in [0.1, 0.15) is 0 Å². The van der Waals surface area contributed by atoms with E-state index in [2.05, 4.69) is 37.6 Å². The monoisotopic (exact) mass is 517 g/mol. The summed E-state index contributed by atoms with van der Waals surface area (Å²) in [5.41, 5.74) is 11.6. The van der Waals surface area contributed by atoms with E-state index in [0.717, 1.165) is 23.7 Å². The molecular formula is C32H57NP2. The number of hydrogen-bond acceptors (Lipinski definition) is 1. The average Bonchev–Trinajstić information content (AvgIpc) is 2.92. The molecule has 0 bridgehead atoms. The predicted octanol–water partition coefficient (Wildman–Crippen LogP) is 9.37. The summed E-state index contributed by atoms with van der Waals surface area (Å²) >= 11 is 0. The molecule has 2 N–H and O–H groups in total. The van der Waals surface area contributed by atoms with Crippen LogP contribution in [0.25, 0.3) is 0 Å². The molecule has 0 spiro atoms. The molecule has 4 fully saturated rings. The maximum Gasteiger partial charge on any atom is 0.0502 e. The third-order valence-corrected chi connectivity index (χ3v) is 12.1. The van der Waals surface area contributed by atoms with Crippen LogP contribution in [0.5, 0.6) is 0 Å². The van der Waals surface area contributed by atoms with Crippen LogP contribution in [0.3, 0.4) is 0 Å². The largest absolute Gasteiger partial charge is 0.319 e. The van der Waals surface area contributed by atoms with Crippen LogP contribution in [-0.2, 0) is 0 Å². The Balaban J connectivity index is 1.63. The standard InChI is InChI=1S/C32H57NP2/c1-32(33,22-28(24-14-6-2-7-15-24)30(34)26-18-10-4-11-19-26)23-29(25-16-8-3-9-17-25)31(35)27-20-12-5-13-21-27/h22-27,30-31H,2-21,33-35H2,1H3/b28-22+,29-23+. The molecule has 4 aliphatic rings. The van der Waals surface area contributed by atoms with Crippen LogP contribution in [0.4, 0.5) is 0 Å². The molecule has 200 valence electrons. The summed E-state index contributed by atoms with van der Waals surface area (Å²) in [6.45, 7) is 2.33. The minimum Gasteiger partial charge on any atom is -0.319 e. The van der Waals surface area contributed by atoms with E-state index >= 15 is 0 Å². The van der Waals surface area contributed by atoms with Crippen molar-refractivity contribution in [1.82, 2.24) is 0 Å². The third kappa shape index (κ3) is 8.14. The first-order chi connectivity index (χ1) is 16.9. The quantitative estimate of drug-likeness (QED) is 0.252. The molecule has 0 aromatic heterocycles. The molecule has 4 atom stereocenters. The van der Waals surface area contributed by atoms with E-state index in [1.165, 1.54) is 128 Å². The van der Waals surface area contributed by atoms with E-state index in [-0.39, 0.29) is 5.54 Å². The van der Waals surface area contributed by atoms with Crippen LogP contribution in [0.1, 0.15) is 135 Å². The van der Waals surface area contributed by atoms with Gasteiger partial charge in [0.15, 0.2) is 0 Å². The van der Waals surface area contributed by atoms with Crippen LogP contribution >= 0.6 is 18.5 Å². The lowest BCUT2D eigenvalue weighted by Crippen LogP contribution is -2.37. The van der Waals surface area contributed by atoms with Crippen LogP contribution in [-0.4, -0.2) is 16.9 Å². The molecule has 35 heavy (non-hydrogen) atoms. The maximum atomic E-state index is 7.30. The average molecular weight is 518 g/mol. The van der Waals surface area contributed by atoms with E-state index in [0.29, 0.717) is 11.3 Å². The van der Waals surface area contributed by atoms with Gasteiger partial charge in [0.2, 0.25) is 0 Å². The molecule has 0 aromatic carbocycles. The van der Waals surface area contributed by atoms with Gasteiger partial charge in [-0.2, -0.15) is 0 Å². The van der Waals surface area contributed by atoms with Gasteiger partial charge in [-0.15, -0.1) is 18.5 Å². The Bertz CT molecular complexity index is 628. The van der Waals surface area contributed by atoms with Crippen molar-refractivity contribution in [2.45, 2.75) is 152 Å². The van der Waals surface area contributed by atoms with Crippen LogP contribution in [0.2, 0.25) is 0 Å². The zero-order valence-electron chi connectivity index (χ0n) is 23.0. The zero-order chi connectivity index (χ0) is 24.7. The second kappa shape index (κ2) is 13.9. The van der Waals surface area contributed by atoms with Crippen molar-refractivity contribution in [3.05, 3.63) is 23.3 Å². The highest BCUT2D eigenvalue weighted by Gasteiger charge is 2.33. The van der Waals surface area contributed by atoms with Crippen molar-refractivity contribution in [1.29, 1.82) is 0 Å². The van der Waals surface area contributed by atoms with Gasteiger partial charge in [-0.05, 0) is 93.3 Å². The van der Waals surface area contributed by atoms with Crippen molar-refractivity contribution >= 4 is 18.5 Å². The Morgan fingerprint density at radius 3 is 1.17 bits per heavy atom. The Morgan fingerprint density at radius 1 is 0.571 bits per heavy atom. The van der Waals surface area contributed by atoms with Gasteiger partial charge < -0.3 is 5.73 Å². The molecule has 4 aliphatic carbocycles. The minimum atomic E-state index is -0.341. The van der Waals surface area contributed by atoms with Gasteiger partial charge in [-0.1, -0.05) is 100 Å². The highest BCUT2D eigenvalue weighted by molar-refractivity contribution is 7.18. The molecule has 4 saturated carbocycles. The summed E-state index contributed by atoms with van der Waals surface area (Å²) in [7, 11) is 6.66. The summed E-state index contributed by atoms with van der Waals surface area (Å²) in [4.78, 5) is 0. The molecule has 0 radical (unpaired) electrons. The van der Waals surface area contributed by atoms with E-state index < -0.39 is 0 Å². The third-order valence-electron chi connectivity index (χ3n) is 10.2. The van der Waals surface area contributed by atoms with Gasteiger partial charge in [-0.3, -0.25) is 0 Å². The van der Waals surface area contributed by atoms with Crippen molar-refractivity contribution in [2.24, 2.45) is 29.4 Å². The lowest BCUT2D eigenvalue weighted by Gasteiger charge is -2.38. The molecule has 0 saturated heterocycles. The molecule has 0 aromatic rings.